The first kappa shape index (κ1) is 23.9. The highest BCUT2D eigenvalue weighted by Crippen LogP contribution is 2.29. The summed E-state index contributed by atoms with van der Waals surface area (Å²) in [6.07, 6.45) is 0.916. The van der Waals surface area contributed by atoms with Crippen LogP contribution in [0.5, 0.6) is 5.75 Å². The van der Waals surface area contributed by atoms with Gasteiger partial charge in [-0.15, -0.1) is 12.4 Å². The molecule has 0 radical (unpaired) electrons. The van der Waals surface area contributed by atoms with Crippen LogP contribution >= 0.6 is 12.4 Å². The number of aryl methyl sites for hydroxylation is 1. The van der Waals surface area contributed by atoms with Crippen molar-refractivity contribution in [1.82, 2.24) is 4.90 Å². The van der Waals surface area contributed by atoms with E-state index in [4.69, 9.17) is 4.74 Å². The second-order valence-corrected chi connectivity index (χ2v) is 7.55. The number of hydrogen-bond acceptors (Lipinski definition) is 2. The zero-order chi connectivity index (χ0) is 19.5. The van der Waals surface area contributed by atoms with Crippen molar-refractivity contribution in [2.45, 2.75) is 6.42 Å². The quantitative estimate of drug-likeness (QED) is 0.334. The first-order chi connectivity index (χ1) is 13.6. The van der Waals surface area contributed by atoms with E-state index in [-0.39, 0.29) is 24.8 Å². The molecule has 4 aromatic rings. The maximum absolute atomic E-state index is 6.00. The largest absolute Gasteiger partial charge is 1.00 e. The third-order valence-electron chi connectivity index (χ3n) is 5.28. The molecule has 0 saturated heterocycles. The van der Waals surface area contributed by atoms with E-state index in [1.807, 2.05) is 0 Å². The minimum absolute atomic E-state index is 0. The van der Waals surface area contributed by atoms with Gasteiger partial charge < -0.3 is 22.0 Å². The van der Waals surface area contributed by atoms with E-state index >= 15 is 0 Å². The van der Waals surface area contributed by atoms with Gasteiger partial charge in [0.2, 0.25) is 11.0 Å². The number of hydrogen-bond donors (Lipinski definition) is 0. The molecule has 0 bridgehead atoms. The van der Waals surface area contributed by atoms with E-state index in [2.05, 4.69) is 103 Å². The highest BCUT2D eigenvalue weighted by Gasteiger charge is 2.18. The number of para-hydroxylation sites is 1. The molecular formula is C25H28Cl2N2O. The van der Waals surface area contributed by atoms with Crippen LogP contribution in [0.1, 0.15) is 11.1 Å². The normalized spacial score (nSPS) is 10.7. The molecule has 3 nitrogen and oxygen atoms in total. The summed E-state index contributed by atoms with van der Waals surface area (Å²) in [4.78, 5) is 2.13. The van der Waals surface area contributed by atoms with Gasteiger partial charge in [0, 0.05) is 12.6 Å². The van der Waals surface area contributed by atoms with Crippen molar-refractivity contribution in [2.75, 3.05) is 27.2 Å². The van der Waals surface area contributed by atoms with Gasteiger partial charge in [0.05, 0.1) is 16.8 Å². The van der Waals surface area contributed by atoms with Crippen LogP contribution in [0.4, 0.5) is 0 Å². The van der Waals surface area contributed by atoms with Crippen molar-refractivity contribution in [1.29, 1.82) is 0 Å². The molecule has 158 valence electrons. The summed E-state index contributed by atoms with van der Waals surface area (Å²) < 4.78 is 8.27. The number of pyridine rings is 1. The second kappa shape index (κ2) is 10.6. The molecular weight excluding hydrogens is 415 g/mol. The number of aromatic nitrogens is 1. The molecule has 0 aliphatic carbocycles. The highest BCUT2D eigenvalue weighted by atomic mass is 35.5. The van der Waals surface area contributed by atoms with E-state index in [0.717, 1.165) is 18.7 Å². The van der Waals surface area contributed by atoms with Crippen LogP contribution in [0, 0.1) is 0 Å². The molecule has 4 rings (SSSR count). The molecule has 3 aromatic carbocycles. The van der Waals surface area contributed by atoms with Crippen LogP contribution < -0.4 is 21.7 Å². The molecule has 0 atom stereocenters. The minimum Gasteiger partial charge on any atom is -1.00 e. The summed E-state index contributed by atoms with van der Waals surface area (Å²) in [6, 6.07) is 25.8. The molecule has 30 heavy (non-hydrogen) atoms. The van der Waals surface area contributed by atoms with Crippen LogP contribution in [-0.2, 0) is 13.5 Å². The van der Waals surface area contributed by atoms with Crippen molar-refractivity contribution in [3.8, 4) is 5.75 Å². The molecule has 0 unspecified atom stereocenters. The van der Waals surface area contributed by atoms with Crippen molar-refractivity contribution < 1.29 is 21.7 Å². The van der Waals surface area contributed by atoms with Crippen molar-refractivity contribution in [3.63, 3.8) is 0 Å². The van der Waals surface area contributed by atoms with Crippen molar-refractivity contribution in [2.24, 2.45) is 7.05 Å². The number of rotatable bonds is 6. The van der Waals surface area contributed by atoms with Gasteiger partial charge in [0.15, 0.2) is 0 Å². The summed E-state index contributed by atoms with van der Waals surface area (Å²) in [7, 11) is 6.26. The van der Waals surface area contributed by atoms with Crippen LogP contribution in [-0.4, -0.2) is 32.1 Å². The fourth-order valence-electron chi connectivity index (χ4n) is 3.77. The molecule has 0 amide bonds. The number of halogens is 2. The van der Waals surface area contributed by atoms with Gasteiger partial charge in [-0.05, 0) is 49.8 Å². The van der Waals surface area contributed by atoms with Crippen molar-refractivity contribution in [3.05, 3.63) is 83.9 Å². The lowest BCUT2D eigenvalue weighted by Crippen LogP contribution is -3.00. The highest BCUT2D eigenvalue weighted by molar-refractivity contribution is 5.94. The summed E-state index contributed by atoms with van der Waals surface area (Å²) >= 11 is 0. The topological polar surface area (TPSA) is 16.4 Å². The third-order valence-corrected chi connectivity index (χ3v) is 5.28. The van der Waals surface area contributed by atoms with Crippen LogP contribution in [0.2, 0.25) is 0 Å². The average molecular weight is 443 g/mol. The summed E-state index contributed by atoms with van der Waals surface area (Å²) in [5.74, 6) is 0.922. The van der Waals surface area contributed by atoms with Crippen molar-refractivity contribution >= 4 is 34.2 Å². The molecule has 1 heterocycles. The summed E-state index contributed by atoms with van der Waals surface area (Å²) in [5, 5.41) is 2.59. The Labute approximate surface area is 191 Å². The SMILES string of the molecule is CN(C)CCOc1ccc2c(Cc3ccccc3)c3ccccc3[n+](C)c2c1.Cl.[Cl-]. The van der Waals surface area contributed by atoms with Gasteiger partial charge in [0.1, 0.15) is 19.4 Å². The zero-order valence-electron chi connectivity index (χ0n) is 17.6. The fraction of sp³-hybridized carbons (Fsp3) is 0.240. The lowest BCUT2D eigenvalue weighted by molar-refractivity contribution is -0.617. The molecule has 0 fully saturated rings. The van der Waals surface area contributed by atoms with E-state index in [9.17, 15) is 0 Å². The number of benzene rings is 3. The lowest BCUT2D eigenvalue weighted by Gasteiger charge is -2.13. The Morgan fingerprint density at radius 3 is 2.23 bits per heavy atom. The Kier molecular flexibility index (Phi) is 8.48. The second-order valence-electron chi connectivity index (χ2n) is 7.55. The van der Waals surface area contributed by atoms with Gasteiger partial charge in [0.25, 0.3) is 0 Å². The summed E-state index contributed by atoms with van der Waals surface area (Å²) in [6.45, 7) is 1.59. The first-order valence-electron chi connectivity index (χ1n) is 9.78. The Balaban J connectivity index is 0.00000160. The molecule has 0 saturated carbocycles. The Bertz CT molecular complexity index is 1110. The van der Waals surface area contributed by atoms with E-state index < -0.39 is 0 Å². The molecule has 0 spiro atoms. The number of fused-ring (bicyclic) bond motifs is 2. The lowest BCUT2D eigenvalue weighted by atomic mass is 9.96. The molecule has 0 N–H and O–H groups in total. The fourth-order valence-corrected chi connectivity index (χ4v) is 3.77. The smallest absolute Gasteiger partial charge is 0.216 e. The standard InChI is InChI=1S/C25H27N2O.2ClH/c1-26(2)15-16-28-20-13-14-22-23(17-19-9-5-4-6-10-19)21-11-7-8-12-24(21)27(3)25(22)18-20;;/h4-14,18H,15-17H2,1-3H3;2*1H/q+1;;/p-1. The molecule has 0 aliphatic rings. The first-order valence-corrected chi connectivity index (χ1v) is 9.78. The summed E-state index contributed by atoms with van der Waals surface area (Å²) in [5.41, 5.74) is 5.14. The number of likely N-dealkylation sites (N-methyl/N-ethyl adjacent to an activating group) is 1. The Morgan fingerprint density at radius 2 is 1.50 bits per heavy atom. The maximum atomic E-state index is 6.00. The average Bonchev–Trinajstić information content (AvgIpc) is 2.72. The zero-order valence-corrected chi connectivity index (χ0v) is 19.2. The predicted molar refractivity (Wildman–Crippen MR) is 123 cm³/mol. The minimum atomic E-state index is 0. The Morgan fingerprint density at radius 1 is 0.833 bits per heavy atom. The van der Waals surface area contributed by atoms with Crippen LogP contribution in [0.25, 0.3) is 21.8 Å². The van der Waals surface area contributed by atoms with Gasteiger partial charge in [-0.1, -0.05) is 42.5 Å². The number of ether oxygens (including phenoxy) is 1. The van der Waals surface area contributed by atoms with Crippen LogP contribution in [0.15, 0.2) is 72.8 Å². The van der Waals surface area contributed by atoms with Crippen LogP contribution in [0.3, 0.4) is 0 Å². The van der Waals surface area contributed by atoms with Gasteiger partial charge in [-0.25, -0.2) is 0 Å². The maximum Gasteiger partial charge on any atom is 0.216 e. The van der Waals surface area contributed by atoms with Gasteiger partial charge in [-0.2, -0.15) is 4.57 Å². The van der Waals surface area contributed by atoms with Gasteiger partial charge in [-0.3, -0.25) is 0 Å². The van der Waals surface area contributed by atoms with E-state index in [0.29, 0.717) is 6.61 Å². The van der Waals surface area contributed by atoms with E-state index in [1.165, 1.54) is 32.9 Å². The monoisotopic (exact) mass is 442 g/mol. The Hall–Kier alpha value is -2.33. The molecule has 1 aromatic heterocycles. The number of nitrogens with zero attached hydrogens (tertiary/aromatic N) is 2. The molecule has 5 heteroatoms. The third kappa shape index (κ3) is 5.04. The molecule has 0 aliphatic heterocycles. The van der Waals surface area contributed by atoms with Gasteiger partial charge >= 0.3 is 0 Å². The predicted octanol–water partition coefficient (Wildman–Crippen LogP) is 1.77. The van der Waals surface area contributed by atoms with E-state index in [1.54, 1.807) is 0 Å².